The summed E-state index contributed by atoms with van der Waals surface area (Å²) < 4.78 is 4.02. The average Bonchev–Trinajstić information content (AvgIpc) is 2.92. The Morgan fingerprint density at radius 2 is 2.14 bits per heavy atom. The van der Waals surface area contributed by atoms with Gasteiger partial charge in [0.2, 0.25) is 0 Å². The van der Waals surface area contributed by atoms with Crippen molar-refractivity contribution >= 4 is 5.91 Å². The summed E-state index contributed by atoms with van der Waals surface area (Å²) in [7, 11) is 1.81. The normalized spacial score (nSPS) is 21.5. The zero-order valence-electron chi connectivity index (χ0n) is 13.1. The molecule has 0 N–H and O–H groups in total. The van der Waals surface area contributed by atoms with E-state index in [1.807, 2.05) is 18.1 Å². The monoisotopic (exact) mass is 299 g/mol. The number of carbonyl (C=O) groups excluding carboxylic acids is 1. The van der Waals surface area contributed by atoms with Crippen LogP contribution in [0.5, 0.6) is 0 Å². The second-order valence-electron chi connectivity index (χ2n) is 6.44. The van der Waals surface area contributed by atoms with E-state index >= 15 is 0 Å². The Morgan fingerprint density at radius 3 is 2.82 bits per heavy atom. The van der Waals surface area contributed by atoms with Gasteiger partial charge in [0, 0.05) is 44.1 Å². The summed E-state index contributed by atoms with van der Waals surface area (Å²) in [6.07, 6.45) is 7.15. The number of carbonyl (C=O) groups is 1. The number of likely N-dealkylation sites (tertiary alicyclic amines) is 1. The van der Waals surface area contributed by atoms with E-state index in [1.54, 1.807) is 16.9 Å². The molecule has 0 aromatic carbocycles. The summed E-state index contributed by atoms with van der Waals surface area (Å²) in [6.45, 7) is 3.68. The minimum Gasteiger partial charge on any atom is -0.335 e. The van der Waals surface area contributed by atoms with Crippen LogP contribution in [0.3, 0.4) is 0 Å². The topological polar surface area (TPSA) is 56.0 Å². The van der Waals surface area contributed by atoms with Gasteiger partial charge in [-0.05, 0) is 32.3 Å². The number of hydrogen-bond acceptors (Lipinski definition) is 3. The van der Waals surface area contributed by atoms with Crippen molar-refractivity contribution in [3.05, 3.63) is 35.7 Å². The van der Waals surface area contributed by atoms with E-state index in [2.05, 4.69) is 21.6 Å². The Labute approximate surface area is 129 Å². The van der Waals surface area contributed by atoms with Gasteiger partial charge in [0.25, 0.3) is 5.91 Å². The third-order valence-corrected chi connectivity index (χ3v) is 4.81. The molecule has 6 heteroatoms. The van der Waals surface area contributed by atoms with Crippen LogP contribution in [0, 0.1) is 6.92 Å². The lowest BCUT2D eigenvalue weighted by Gasteiger charge is -2.19. The molecule has 6 nitrogen and oxygen atoms in total. The quantitative estimate of drug-likeness (QED) is 0.869. The van der Waals surface area contributed by atoms with Crippen molar-refractivity contribution in [3.63, 3.8) is 0 Å². The molecule has 2 aromatic rings. The lowest BCUT2D eigenvalue weighted by molar-refractivity contribution is 0.0776. The number of aryl methyl sites for hydroxylation is 2. The molecular weight excluding hydrogens is 278 g/mol. The van der Waals surface area contributed by atoms with Crippen molar-refractivity contribution in [2.45, 2.75) is 38.1 Å². The number of imidazole rings is 1. The highest BCUT2D eigenvalue weighted by molar-refractivity contribution is 5.92. The first-order valence-corrected chi connectivity index (χ1v) is 7.96. The highest BCUT2D eigenvalue weighted by atomic mass is 16.2. The molecule has 1 atom stereocenters. The molecule has 1 saturated carbocycles. The van der Waals surface area contributed by atoms with Gasteiger partial charge in [0.1, 0.15) is 11.5 Å². The minimum absolute atomic E-state index is 0.0771. The summed E-state index contributed by atoms with van der Waals surface area (Å²) in [5, 5.41) is 4.09. The van der Waals surface area contributed by atoms with Gasteiger partial charge in [0.05, 0.1) is 6.04 Å². The third-order valence-electron chi connectivity index (χ3n) is 4.81. The predicted molar refractivity (Wildman–Crippen MR) is 81.7 cm³/mol. The molecule has 0 radical (unpaired) electrons. The number of amides is 1. The van der Waals surface area contributed by atoms with Crippen LogP contribution in [0.1, 0.15) is 53.2 Å². The van der Waals surface area contributed by atoms with Gasteiger partial charge >= 0.3 is 0 Å². The van der Waals surface area contributed by atoms with Gasteiger partial charge < -0.3 is 9.47 Å². The Kier molecular flexibility index (Phi) is 3.06. The fourth-order valence-corrected chi connectivity index (χ4v) is 3.47. The molecule has 1 saturated heterocycles. The molecule has 1 amide bonds. The second kappa shape index (κ2) is 4.97. The molecule has 2 aliphatic rings. The van der Waals surface area contributed by atoms with E-state index < -0.39 is 0 Å². The predicted octanol–water partition coefficient (Wildman–Crippen LogP) is 1.89. The smallest absolute Gasteiger partial charge is 0.272 e. The first-order chi connectivity index (χ1) is 10.6. The van der Waals surface area contributed by atoms with E-state index in [4.69, 9.17) is 0 Å². The number of nitrogens with zero attached hydrogens (tertiary/aromatic N) is 5. The van der Waals surface area contributed by atoms with Crippen LogP contribution in [0.25, 0.3) is 0 Å². The van der Waals surface area contributed by atoms with Crippen molar-refractivity contribution in [3.8, 4) is 0 Å². The first-order valence-electron chi connectivity index (χ1n) is 7.96. The van der Waals surface area contributed by atoms with Gasteiger partial charge in [0.15, 0.2) is 0 Å². The molecule has 1 unspecified atom stereocenters. The lowest BCUT2D eigenvalue weighted by atomic mass is 10.2. The Bertz CT molecular complexity index is 712. The second-order valence-corrected chi connectivity index (χ2v) is 6.44. The van der Waals surface area contributed by atoms with Crippen LogP contribution in [0.15, 0.2) is 18.5 Å². The maximum atomic E-state index is 12.6. The highest BCUT2D eigenvalue weighted by Crippen LogP contribution is 2.41. The fraction of sp³-hybridized carbons (Fsp3) is 0.562. The van der Waals surface area contributed by atoms with E-state index in [9.17, 15) is 4.79 Å². The minimum atomic E-state index is 0.0771. The van der Waals surface area contributed by atoms with Gasteiger partial charge in [-0.3, -0.25) is 9.48 Å². The van der Waals surface area contributed by atoms with Gasteiger partial charge in [-0.25, -0.2) is 4.98 Å². The molecule has 22 heavy (non-hydrogen) atoms. The molecule has 1 aliphatic heterocycles. The Morgan fingerprint density at radius 1 is 1.32 bits per heavy atom. The Hall–Kier alpha value is -2.11. The molecule has 0 bridgehead atoms. The summed E-state index contributed by atoms with van der Waals surface area (Å²) in [6, 6.07) is 2.14. The Balaban J connectivity index is 1.54. The largest absolute Gasteiger partial charge is 0.335 e. The summed E-state index contributed by atoms with van der Waals surface area (Å²) in [5.41, 5.74) is 1.87. The lowest BCUT2D eigenvalue weighted by Crippen LogP contribution is -2.31. The molecule has 116 valence electrons. The van der Waals surface area contributed by atoms with Crippen LogP contribution in [0.4, 0.5) is 0 Å². The summed E-state index contributed by atoms with van der Waals surface area (Å²) >= 11 is 0. The van der Waals surface area contributed by atoms with Gasteiger partial charge in [-0.2, -0.15) is 5.10 Å². The van der Waals surface area contributed by atoms with Crippen molar-refractivity contribution in [2.75, 3.05) is 13.1 Å². The van der Waals surface area contributed by atoms with Crippen LogP contribution in [-0.2, 0) is 7.05 Å². The SMILES string of the molecule is Cc1cnc(C2CC2)n1C1CCN(C(=O)c2ccnn2C)C1. The van der Waals surface area contributed by atoms with Crippen molar-refractivity contribution in [1.29, 1.82) is 0 Å². The van der Waals surface area contributed by atoms with Crippen LogP contribution in [0.2, 0.25) is 0 Å². The van der Waals surface area contributed by atoms with Crippen LogP contribution < -0.4 is 0 Å². The molecule has 0 spiro atoms. The molecule has 3 heterocycles. The van der Waals surface area contributed by atoms with Crippen molar-refractivity contribution in [2.24, 2.45) is 7.05 Å². The van der Waals surface area contributed by atoms with Crippen LogP contribution in [-0.4, -0.2) is 43.2 Å². The van der Waals surface area contributed by atoms with E-state index in [0.29, 0.717) is 17.7 Å². The van der Waals surface area contributed by atoms with E-state index in [0.717, 1.165) is 19.5 Å². The van der Waals surface area contributed by atoms with Crippen molar-refractivity contribution < 1.29 is 4.79 Å². The number of rotatable bonds is 3. The zero-order valence-corrected chi connectivity index (χ0v) is 13.1. The first kappa shape index (κ1) is 13.5. The number of aromatic nitrogens is 4. The maximum Gasteiger partial charge on any atom is 0.272 e. The third kappa shape index (κ3) is 2.14. The molecule has 1 aliphatic carbocycles. The van der Waals surface area contributed by atoms with Gasteiger partial charge in [-0.15, -0.1) is 0 Å². The average molecular weight is 299 g/mol. The van der Waals surface area contributed by atoms with Crippen LogP contribution >= 0.6 is 0 Å². The fourth-order valence-electron chi connectivity index (χ4n) is 3.47. The summed E-state index contributed by atoms with van der Waals surface area (Å²) in [5.74, 6) is 1.93. The van der Waals surface area contributed by atoms with E-state index in [1.165, 1.54) is 24.4 Å². The standard InChI is InChI=1S/C16H21N5O/c1-11-9-17-15(12-3-4-12)21(11)13-6-8-20(10-13)16(22)14-5-7-18-19(14)2/h5,7,9,12-13H,3-4,6,8,10H2,1-2H3. The maximum absolute atomic E-state index is 12.6. The van der Waals surface area contributed by atoms with Gasteiger partial charge in [-0.1, -0.05) is 0 Å². The molecule has 2 aromatic heterocycles. The highest BCUT2D eigenvalue weighted by Gasteiger charge is 2.35. The molecule has 4 rings (SSSR count). The number of hydrogen-bond donors (Lipinski definition) is 0. The summed E-state index contributed by atoms with van der Waals surface area (Å²) in [4.78, 5) is 19.1. The molecule has 2 fully saturated rings. The zero-order chi connectivity index (χ0) is 15.3. The molecular formula is C16H21N5O. The van der Waals surface area contributed by atoms with E-state index in [-0.39, 0.29) is 5.91 Å². The van der Waals surface area contributed by atoms with Crippen molar-refractivity contribution in [1.82, 2.24) is 24.2 Å².